The van der Waals surface area contributed by atoms with Crippen molar-refractivity contribution in [2.24, 2.45) is 5.14 Å². The molecule has 1 aromatic rings. The molecule has 1 aliphatic carbocycles. The lowest BCUT2D eigenvalue weighted by Gasteiger charge is -2.18. The standard InChI is InChI=1S/C10H15N3O3S/c11-7-1-2-8(9(5-7)17(12,15)16)13-10(6-14)3-4-10/h1-2,5,13-14H,3-4,6,11H2,(H2,12,15,16). The van der Waals surface area contributed by atoms with Crippen LogP contribution in [0.15, 0.2) is 23.1 Å². The van der Waals surface area contributed by atoms with Gasteiger partial charge in [-0.2, -0.15) is 0 Å². The minimum absolute atomic E-state index is 0.0402. The third-order valence-electron chi connectivity index (χ3n) is 2.87. The maximum atomic E-state index is 11.4. The number of benzene rings is 1. The molecule has 0 bridgehead atoms. The largest absolute Gasteiger partial charge is 0.399 e. The van der Waals surface area contributed by atoms with E-state index in [0.717, 1.165) is 12.8 Å². The maximum Gasteiger partial charge on any atom is 0.240 e. The number of sulfonamides is 1. The average molecular weight is 257 g/mol. The minimum atomic E-state index is -3.83. The molecule has 2 rings (SSSR count). The van der Waals surface area contributed by atoms with E-state index in [0.29, 0.717) is 11.4 Å². The summed E-state index contributed by atoms with van der Waals surface area (Å²) in [6.07, 6.45) is 1.61. The zero-order valence-electron chi connectivity index (χ0n) is 9.18. The van der Waals surface area contributed by atoms with Crippen molar-refractivity contribution in [2.75, 3.05) is 17.7 Å². The first-order chi connectivity index (χ1) is 7.86. The molecule has 0 aromatic heterocycles. The molecule has 0 spiro atoms. The van der Waals surface area contributed by atoms with E-state index in [1.165, 1.54) is 6.07 Å². The molecule has 94 valence electrons. The van der Waals surface area contributed by atoms with E-state index in [4.69, 9.17) is 10.9 Å². The molecule has 1 aliphatic rings. The first-order valence-electron chi connectivity index (χ1n) is 5.18. The molecule has 7 heteroatoms. The lowest BCUT2D eigenvalue weighted by atomic mass is 10.2. The molecular weight excluding hydrogens is 242 g/mol. The molecule has 0 radical (unpaired) electrons. The van der Waals surface area contributed by atoms with E-state index in [9.17, 15) is 13.5 Å². The number of nitrogens with two attached hydrogens (primary N) is 2. The molecule has 1 fully saturated rings. The molecule has 17 heavy (non-hydrogen) atoms. The van der Waals surface area contributed by atoms with Crippen LogP contribution < -0.4 is 16.2 Å². The van der Waals surface area contributed by atoms with Crippen LogP contribution in [-0.2, 0) is 10.0 Å². The van der Waals surface area contributed by atoms with Crippen LogP contribution in [0.25, 0.3) is 0 Å². The van der Waals surface area contributed by atoms with Gasteiger partial charge in [-0.1, -0.05) is 0 Å². The smallest absolute Gasteiger partial charge is 0.240 e. The third kappa shape index (κ3) is 2.51. The Kier molecular flexibility index (Phi) is 2.76. The normalized spacial score (nSPS) is 17.8. The number of anilines is 2. The number of rotatable bonds is 4. The fourth-order valence-electron chi connectivity index (χ4n) is 1.64. The van der Waals surface area contributed by atoms with Crippen molar-refractivity contribution in [3.8, 4) is 0 Å². The van der Waals surface area contributed by atoms with Crippen LogP contribution in [0.4, 0.5) is 11.4 Å². The summed E-state index contributed by atoms with van der Waals surface area (Å²) in [6, 6.07) is 4.46. The highest BCUT2D eigenvalue weighted by molar-refractivity contribution is 7.89. The summed E-state index contributed by atoms with van der Waals surface area (Å²) in [4.78, 5) is -0.0442. The Balaban J connectivity index is 2.40. The van der Waals surface area contributed by atoms with Crippen LogP contribution in [0.2, 0.25) is 0 Å². The Bertz CT molecular complexity index is 538. The Hall–Kier alpha value is -1.31. The molecule has 0 atom stereocenters. The highest BCUT2D eigenvalue weighted by Crippen LogP contribution is 2.39. The zero-order chi connectivity index (χ0) is 12.7. The first kappa shape index (κ1) is 12.2. The summed E-state index contributed by atoms with van der Waals surface area (Å²) >= 11 is 0. The van der Waals surface area contributed by atoms with Crippen molar-refractivity contribution in [3.63, 3.8) is 0 Å². The molecule has 0 saturated heterocycles. The Labute approximate surface area is 99.7 Å². The molecule has 6 N–H and O–H groups in total. The van der Waals surface area contributed by atoms with Gasteiger partial charge >= 0.3 is 0 Å². The molecule has 6 nitrogen and oxygen atoms in total. The van der Waals surface area contributed by atoms with Gasteiger partial charge in [0.1, 0.15) is 4.90 Å². The topological polar surface area (TPSA) is 118 Å². The van der Waals surface area contributed by atoms with Crippen molar-refractivity contribution in [1.82, 2.24) is 0 Å². The lowest BCUT2D eigenvalue weighted by Crippen LogP contribution is -2.27. The summed E-state index contributed by atoms with van der Waals surface area (Å²) in [5, 5.41) is 17.3. The van der Waals surface area contributed by atoms with Crippen LogP contribution in [0.5, 0.6) is 0 Å². The highest BCUT2D eigenvalue weighted by Gasteiger charge is 2.42. The van der Waals surface area contributed by atoms with E-state index < -0.39 is 15.6 Å². The van der Waals surface area contributed by atoms with Crippen molar-refractivity contribution >= 4 is 21.4 Å². The summed E-state index contributed by atoms with van der Waals surface area (Å²) < 4.78 is 22.8. The number of nitrogen functional groups attached to an aromatic ring is 1. The summed E-state index contributed by atoms with van der Waals surface area (Å²) in [6.45, 7) is -0.0402. The average Bonchev–Trinajstić information content (AvgIpc) is 3.00. The first-order valence-corrected chi connectivity index (χ1v) is 6.72. The van der Waals surface area contributed by atoms with Crippen LogP contribution in [0, 0.1) is 0 Å². The number of aliphatic hydroxyl groups is 1. The molecule has 1 aromatic carbocycles. The number of primary sulfonamides is 1. The van der Waals surface area contributed by atoms with Crippen LogP contribution in [0.1, 0.15) is 12.8 Å². The number of nitrogens with one attached hydrogen (secondary N) is 1. The van der Waals surface area contributed by atoms with E-state index in [2.05, 4.69) is 5.32 Å². The molecule has 1 saturated carbocycles. The number of aliphatic hydroxyl groups excluding tert-OH is 1. The van der Waals surface area contributed by atoms with Crippen LogP contribution in [-0.4, -0.2) is 25.7 Å². The molecule has 0 amide bonds. The SMILES string of the molecule is Nc1ccc(NC2(CO)CC2)c(S(N)(=O)=O)c1. The van der Waals surface area contributed by atoms with E-state index in [1.807, 2.05) is 0 Å². The van der Waals surface area contributed by atoms with E-state index in [-0.39, 0.29) is 11.5 Å². The van der Waals surface area contributed by atoms with Crippen molar-refractivity contribution < 1.29 is 13.5 Å². The molecule has 0 unspecified atom stereocenters. The second-order valence-corrected chi connectivity index (χ2v) is 5.89. The van der Waals surface area contributed by atoms with Gasteiger partial charge in [-0.15, -0.1) is 0 Å². The minimum Gasteiger partial charge on any atom is -0.399 e. The van der Waals surface area contributed by atoms with Gasteiger partial charge in [-0.3, -0.25) is 0 Å². The maximum absolute atomic E-state index is 11.4. The fraction of sp³-hybridized carbons (Fsp3) is 0.400. The Morgan fingerprint density at radius 3 is 2.53 bits per heavy atom. The van der Waals surface area contributed by atoms with Gasteiger partial charge in [-0.05, 0) is 31.0 Å². The molecule has 0 aliphatic heterocycles. The van der Waals surface area contributed by atoms with Gasteiger partial charge in [0.05, 0.1) is 17.8 Å². The molecule has 0 heterocycles. The second-order valence-electron chi connectivity index (χ2n) is 4.36. The summed E-state index contributed by atoms with van der Waals surface area (Å²) in [5.74, 6) is 0. The van der Waals surface area contributed by atoms with Gasteiger partial charge in [0.25, 0.3) is 0 Å². The predicted octanol–water partition coefficient (Wildman–Crippen LogP) is -0.147. The van der Waals surface area contributed by atoms with Gasteiger partial charge < -0.3 is 16.2 Å². The quantitative estimate of drug-likeness (QED) is 0.559. The van der Waals surface area contributed by atoms with E-state index in [1.54, 1.807) is 12.1 Å². The summed E-state index contributed by atoms with van der Waals surface area (Å²) in [7, 11) is -3.83. The van der Waals surface area contributed by atoms with Crippen molar-refractivity contribution in [2.45, 2.75) is 23.3 Å². The van der Waals surface area contributed by atoms with Crippen molar-refractivity contribution in [3.05, 3.63) is 18.2 Å². The fourth-order valence-corrected chi connectivity index (χ4v) is 2.36. The number of hydrogen-bond acceptors (Lipinski definition) is 5. The van der Waals surface area contributed by atoms with Gasteiger partial charge in [-0.25, -0.2) is 13.6 Å². The Morgan fingerprint density at radius 2 is 2.06 bits per heavy atom. The van der Waals surface area contributed by atoms with Crippen LogP contribution >= 0.6 is 0 Å². The zero-order valence-corrected chi connectivity index (χ0v) is 10.00. The molecular formula is C10H15N3O3S. The Morgan fingerprint density at radius 1 is 1.41 bits per heavy atom. The number of hydrogen-bond donors (Lipinski definition) is 4. The predicted molar refractivity (Wildman–Crippen MR) is 64.9 cm³/mol. The van der Waals surface area contributed by atoms with E-state index >= 15 is 0 Å². The van der Waals surface area contributed by atoms with Crippen molar-refractivity contribution in [1.29, 1.82) is 0 Å². The lowest BCUT2D eigenvalue weighted by molar-refractivity contribution is 0.266. The monoisotopic (exact) mass is 257 g/mol. The highest BCUT2D eigenvalue weighted by atomic mass is 32.2. The van der Waals surface area contributed by atoms with Crippen LogP contribution in [0.3, 0.4) is 0 Å². The third-order valence-corrected chi connectivity index (χ3v) is 3.82. The summed E-state index contributed by atoms with van der Waals surface area (Å²) in [5.41, 5.74) is 5.84. The van der Waals surface area contributed by atoms with Gasteiger partial charge in [0, 0.05) is 5.69 Å². The van der Waals surface area contributed by atoms with Gasteiger partial charge in [0.15, 0.2) is 0 Å². The van der Waals surface area contributed by atoms with Gasteiger partial charge in [0.2, 0.25) is 10.0 Å². The second kappa shape index (κ2) is 3.86.